The van der Waals surface area contributed by atoms with E-state index in [0.717, 1.165) is 12.8 Å². The molecule has 0 aromatic carbocycles. The Morgan fingerprint density at radius 1 is 1.60 bits per heavy atom. The summed E-state index contributed by atoms with van der Waals surface area (Å²) in [6, 6.07) is 0. The summed E-state index contributed by atoms with van der Waals surface area (Å²) in [6.45, 7) is 2.49. The van der Waals surface area contributed by atoms with Gasteiger partial charge in [0, 0.05) is 6.20 Å². The monoisotopic (exact) mass is 229 g/mol. The van der Waals surface area contributed by atoms with Gasteiger partial charge in [-0.3, -0.25) is 9.59 Å². The van der Waals surface area contributed by atoms with Crippen LogP contribution in [0.25, 0.3) is 0 Å². The molecular formula is C10H12ClNO3. The number of carbonyl (C=O) groups excluding carboxylic acids is 1. The summed E-state index contributed by atoms with van der Waals surface area (Å²) in [4.78, 5) is 24.6. The zero-order valence-electron chi connectivity index (χ0n) is 8.38. The molecule has 5 heteroatoms. The molecule has 0 saturated carbocycles. The molecule has 1 heterocycles. The Morgan fingerprint density at radius 2 is 2.33 bits per heavy atom. The molecule has 0 aliphatic rings. The Morgan fingerprint density at radius 3 is 2.93 bits per heavy atom. The predicted octanol–water partition coefficient (Wildman–Crippen LogP) is 2.02. The van der Waals surface area contributed by atoms with E-state index >= 15 is 0 Å². The minimum Gasteiger partial charge on any atom is -0.488 e. The van der Waals surface area contributed by atoms with E-state index in [4.69, 9.17) is 16.3 Å². The highest BCUT2D eigenvalue weighted by Crippen LogP contribution is 2.11. The van der Waals surface area contributed by atoms with Gasteiger partial charge in [-0.1, -0.05) is 24.9 Å². The van der Waals surface area contributed by atoms with Gasteiger partial charge in [0.05, 0.1) is 6.61 Å². The van der Waals surface area contributed by atoms with Crippen molar-refractivity contribution in [2.45, 2.75) is 19.8 Å². The summed E-state index contributed by atoms with van der Waals surface area (Å²) < 4.78 is 5.21. The molecule has 0 saturated heterocycles. The van der Waals surface area contributed by atoms with Crippen molar-refractivity contribution < 1.29 is 9.53 Å². The molecule has 0 fully saturated rings. The predicted molar refractivity (Wildman–Crippen MR) is 57.9 cm³/mol. The third-order valence-corrected chi connectivity index (χ3v) is 2.27. The van der Waals surface area contributed by atoms with Crippen LogP contribution in [0.5, 0.6) is 5.75 Å². The van der Waals surface area contributed by atoms with Crippen molar-refractivity contribution in [1.29, 1.82) is 0 Å². The number of nitrogens with one attached hydrogen (secondary N) is 1. The van der Waals surface area contributed by atoms with Crippen molar-refractivity contribution in [3.8, 4) is 5.75 Å². The summed E-state index contributed by atoms with van der Waals surface area (Å²) in [6.07, 6.45) is 3.71. The minimum atomic E-state index is -0.450. The van der Waals surface area contributed by atoms with Crippen LogP contribution in [-0.2, 0) is 0 Å². The Balaban J connectivity index is 2.87. The number of ether oxygens (including phenoxy) is 1. The Hall–Kier alpha value is -1.29. The number of hydrogen-bond donors (Lipinski definition) is 1. The summed E-state index contributed by atoms with van der Waals surface area (Å²) in [7, 11) is 0. The molecule has 1 aromatic heterocycles. The number of aldehydes is 1. The Kier molecular flexibility index (Phi) is 4.37. The Labute approximate surface area is 92.2 Å². The van der Waals surface area contributed by atoms with Crippen LogP contribution in [0.3, 0.4) is 0 Å². The van der Waals surface area contributed by atoms with Crippen molar-refractivity contribution in [3.05, 3.63) is 27.1 Å². The lowest BCUT2D eigenvalue weighted by molar-refractivity contribution is 0.111. The van der Waals surface area contributed by atoms with E-state index < -0.39 is 5.43 Å². The van der Waals surface area contributed by atoms with Gasteiger partial charge in [-0.25, -0.2) is 0 Å². The largest absolute Gasteiger partial charge is 0.488 e. The first kappa shape index (κ1) is 11.8. The van der Waals surface area contributed by atoms with E-state index in [1.807, 2.05) is 6.92 Å². The number of halogens is 1. The van der Waals surface area contributed by atoms with E-state index in [2.05, 4.69) is 4.98 Å². The molecule has 82 valence electrons. The molecule has 0 radical (unpaired) electrons. The lowest BCUT2D eigenvalue weighted by Gasteiger charge is -2.05. The highest BCUT2D eigenvalue weighted by Gasteiger charge is 2.09. The fraction of sp³-hybridized carbons (Fsp3) is 0.400. The van der Waals surface area contributed by atoms with E-state index in [1.54, 1.807) is 0 Å². The minimum absolute atomic E-state index is 0.0736. The standard InChI is InChI=1S/C10H12ClNO3/c1-2-3-4-15-8-5-12-7(6-13)9(11)10(8)14/h5-6H,2-4H2,1H3,(H,12,14). The van der Waals surface area contributed by atoms with Gasteiger partial charge >= 0.3 is 0 Å². The topological polar surface area (TPSA) is 59.2 Å². The molecule has 4 nitrogen and oxygen atoms in total. The van der Waals surface area contributed by atoms with E-state index in [0.29, 0.717) is 12.9 Å². The van der Waals surface area contributed by atoms with Crippen LogP contribution in [0.2, 0.25) is 5.02 Å². The van der Waals surface area contributed by atoms with Gasteiger partial charge < -0.3 is 9.72 Å². The molecular weight excluding hydrogens is 218 g/mol. The maximum atomic E-state index is 11.5. The second kappa shape index (κ2) is 5.56. The highest BCUT2D eigenvalue weighted by molar-refractivity contribution is 6.32. The number of pyridine rings is 1. The van der Waals surface area contributed by atoms with Gasteiger partial charge in [-0.15, -0.1) is 0 Å². The molecule has 0 aliphatic carbocycles. The van der Waals surface area contributed by atoms with Crippen LogP contribution < -0.4 is 10.2 Å². The van der Waals surface area contributed by atoms with Crippen molar-refractivity contribution in [2.75, 3.05) is 6.61 Å². The molecule has 15 heavy (non-hydrogen) atoms. The summed E-state index contributed by atoms with van der Waals surface area (Å²) in [5.41, 5.74) is -0.377. The van der Waals surface area contributed by atoms with Crippen LogP contribution in [0, 0.1) is 0 Å². The maximum absolute atomic E-state index is 11.5. The first-order valence-electron chi connectivity index (χ1n) is 4.69. The first-order chi connectivity index (χ1) is 7.20. The fourth-order valence-electron chi connectivity index (χ4n) is 1.02. The summed E-state index contributed by atoms with van der Waals surface area (Å²) >= 11 is 5.66. The molecule has 1 N–H and O–H groups in total. The number of rotatable bonds is 5. The van der Waals surface area contributed by atoms with Crippen LogP contribution in [0.15, 0.2) is 11.0 Å². The second-order valence-corrected chi connectivity index (χ2v) is 3.41. The third-order valence-electron chi connectivity index (χ3n) is 1.89. The summed E-state index contributed by atoms with van der Waals surface area (Å²) in [5, 5.41) is -0.126. The highest BCUT2D eigenvalue weighted by atomic mass is 35.5. The van der Waals surface area contributed by atoms with Crippen molar-refractivity contribution in [1.82, 2.24) is 4.98 Å². The number of H-pyrrole nitrogens is 1. The van der Waals surface area contributed by atoms with E-state index in [1.165, 1.54) is 6.20 Å². The molecule has 0 amide bonds. The average molecular weight is 230 g/mol. The second-order valence-electron chi connectivity index (χ2n) is 3.03. The van der Waals surface area contributed by atoms with Gasteiger partial charge in [0.15, 0.2) is 12.0 Å². The molecule has 0 atom stereocenters. The van der Waals surface area contributed by atoms with Crippen molar-refractivity contribution in [3.63, 3.8) is 0 Å². The smallest absolute Gasteiger partial charge is 0.242 e. The number of carbonyl (C=O) groups is 1. The normalized spacial score (nSPS) is 10.0. The zero-order valence-corrected chi connectivity index (χ0v) is 9.13. The zero-order chi connectivity index (χ0) is 11.3. The Bertz CT molecular complexity index is 400. The van der Waals surface area contributed by atoms with E-state index in [-0.39, 0.29) is 16.5 Å². The SMILES string of the molecule is CCCCOc1c[nH]c(C=O)c(Cl)c1=O. The van der Waals surface area contributed by atoms with Gasteiger partial charge in [-0.2, -0.15) is 0 Å². The summed E-state index contributed by atoms with van der Waals surface area (Å²) in [5.74, 6) is 0.152. The molecule has 0 bridgehead atoms. The number of aromatic nitrogens is 1. The van der Waals surface area contributed by atoms with Gasteiger partial charge in [-0.05, 0) is 6.42 Å². The van der Waals surface area contributed by atoms with Gasteiger partial charge in [0.2, 0.25) is 5.43 Å². The lowest BCUT2D eigenvalue weighted by atomic mass is 10.3. The fourth-order valence-corrected chi connectivity index (χ4v) is 1.21. The van der Waals surface area contributed by atoms with Crippen LogP contribution >= 0.6 is 11.6 Å². The molecule has 1 aromatic rings. The van der Waals surface area contributed by atoms with Crippen molar-refractivity contribution >= 4 is 17.9 Å². The van der Waals surface area contributed by atoms with Crippen LogP contribution in [0.1, 0.15) is 30.3 Å². The van der Waals surface area contributed by atoms with E-state index in [9.17, 15) is 9.59 Å². The number of hydrogen-bond acceptors (Lipinski definition) is 3. The van der Waals surface area contributed by atoms with Crippen LogP contribution in [0.4, 0.5) is 0 Å². The van der Waals surface area contributed by atoms with Gasteiger partial charge in [0.1, 0.15) is 10.7 Å². The molecule has 0 unspecified atom stereocenters. The number of unbranched alkanes of at least 4 members (excludes halogenated alkanes) is 1. The van der Waals surface area contributed by atoms with Crippen molar-refractivity contribution in [2.24, 2.45) is 0 Å². The van der Waals surface area contributed by atoms with Crippen LogP contribution in [-0.4, -0.2) is 17.9 Å². The van der Waals surface area contributed by atoms with Gasteiger partial charge in [0.25, 0.3) is 0 Å². The first-order valence-corrected chi connectivity index (χ1v) is 5.07. The average Bonchev–Trinajstić information content (AvgIpc) is 2.25. The number of aromatic amines is 1. The molecule has 0 spiro atoms. The maximum Gasteiger partial charge on any atom is 0.242 e. The third kappa shape index (κ3) is 2.83. The molecule has 1 rings (SSSR count). The molecule has 0 aliphatic heterocycles. The lowest BCUT2D eigenvalue weighted by Crippen LogP contribution is -2.12. The quantitative estimate of drug-likeness (QED) is 0.621.